The van der Waals surface area contributed by atoms with Crippen molar-refractivity contribution in [1.29, 1.82) is 0 Å². The van der Waals surface area contributed by atoms with E-state index >= 15 is 0 Å². The van der Waals surface area contributed by atoms with Crippen LogP contribution in [0.2, 0.25) is 0 Å². The highest BCUT2D eigenvalue weighted by molar-refractivity contribution is 8.13. The van der Waals surface area contributed by atoms with E-state index < -0.39 is 21.1 Å². The second-order valence-corrected chi connectivity index (χ2v) is 5.06. The molecular weight excluding hydrogens is 276 g/mol. The molecule has 0 fully saturated rings. The zero-order valence-electron chi connectivity index (χ0n) is 7.30. The molecule has 0 saturated heterocycles. The van der Waals surface area contributed by atoms with Crippen LogP contribution in [0.3, 0.4) is 0 Å². The number of esters is 1. The smallest absolute Gasteiger partial charge is 0.322 e. The van der Waals surface area contributed by atoms with Crippen LogP contribution < -0.4 is 5.73 Å². The average molecular weight is 289 g/mol. The molecule has 0 aromatic rings. The Kier molecular flexibility index (Phi) is 12.1. The molecular formula is C5H12Cl3NO4S. The van der Waals surface area contributed by atoms with Gasteiger partial charge in [-0.05, 0) is 6.42 Å². The Balaban J connectivity index is -0.000000605. The van der Waals surface area contributed by atoms with Crippen LogP contribution in [-0.4, -0.2) is 33.3 Å². The molecule has 2 N–H and O–H groups in total. The Morgan fingerprint density at radius 2 is 1.93 bits per heavy atom. The van der Waals surface area contributed by atoms with Gasteiger partial charge in [0.05, 0.1) is 12.9 Å². The van der Waals surface area contributed by atoms with Crippen molar-refractivity contribution in [2.24, 2.45) is 5.73 Å². The van der Waals surface area contributed by atoms with Gasteiger partial charge in [0.1, 0.15) is 6.04 Å². The van der Waals surface area contributed by atoms with Gasteiger partial charge in [0, 0.05) is 10.7 Å². The molecule has 0 saturated carbocycles. The second-order valence-electron chi connectivity index (χ2n) is 2.16. The maximum atomic E-state index is 10.6. The summed E-state index contributed by atoms with van der Waals surface area (Å²) < 4.78 is 25.1. The molecule has 1 atom stereocenters. The van der Waals surface area contributed by atoms with Crippen LogP contribution in [0.25, 0.3) is 0 Å². The summed E-state index contributed by atoms with van der Waals surface area (Å²) in [5.74, 6) is -0.972. The molecule has 0 aliphatic rings. The standard InChI is InChI=1S/C5H10ClNO4S.2ClH/c1-11-5(8)4(7)2-3-12(6,9)10;;/h4H,2-3,7H2,1H3;2*1H/t4-;;/m0../s1. The third kappa shape index (κ3) is 10.3. The normalized spacial score (nSPS) is 11.9. The summed E-state index contributed by atoms with van der Waals surface area (Å²) in [6.45, 7) is 0. The fourth-order valence-electron chi connectivity index (χ4n) is 0.537. The summed E-state index contributed by atoms with van der Waals surface area (Å²) in [4.78, 5) is 10.6. The minimum absolute atomic E-state index is 0. The maximum Gasteiger partial charge on any atom is 0.322 e. The first kappa shape index (κ1) is 19.8. The van der Waals surface area contributed by atoms with E-state index in [1.165, 1.54) is 7.11 Å². The van der Waals surface area contributed by atoms with E-state index in [4.69, 9.17) is 16.4 Å². The highest BCUT2D eigenvalue weighted by atomic mass is 35.7. The molecule has 0 aromatic heterocycles. The van der Waals surface area contributed by atoms with Gasteiger partial charge >= 0.3 is 5.97 Å². The molecule has 14 heavy (non-hydrogen) atoms. The molecule has 0 amide bonds. The third-order valence-corrected chi connectivity index (χ3v) is 2.36. The quantitative estimate of drug-likeness (QED) is 0.593. The number of carbonyl (C=O) groups is 1. The van der Waals surface area contributed by atoms with Gasteiger partial charge in [-0.1, -0.05) is 0 Å². The van der Waals surface area contributed by atoms with Crippen molar-refractivity contribution in [3.63, 3.8) is 0 Å². The molecule has 0 aliphatic carbocycles. The lowest BCUT2D eigenvalue weighted by molar-refractivity contribution is -0.142. The SMILES string of the molecule is COC(=O)[C@@H](N)CCS(=O)(=O)Cl.Cl.Cl. The largest absolute Gasteiger partial charge is 0.468 e. The average Bonchev–Trinajstić information content (AvgIpc) is 1.97. The van der Waals surface area contributed by atoms with E-state index in [0.29, 0.717) is 0 Å². The number of carbonyl (C=O) groups excluding carboxylic acids is 1. The first-order valence-corrected chi connectivity index (χ1v) is 5.60. The highest BCUT2D eigenvalue weighted by Crippen LogP contribution is 2.01. The molecule has 0 bridgehead atoms. The van der Waals surface area contributed by atoms with E-state index in [9.17, 15) is 13.2 Å². The number of hydrogen-bond acceptors (Lipinski definition) is 5. The van der Waals surface area contributed by atoms with Crippen molar-refractivity contribution in [2.45, 2.75) is 12.5 Å². The molecule has 0 spiro atoms. The van der Waals surface area contributed by atoms with Crippen LogP contribution in [0.4, 0.5) is 0 Å². The summed E-state index contributed by atoms with van der Waals surface area (Å²) in [6.07, 6.45) is -0.0293. The summed E-state index contributed by atoms with van der Waals surface area (Å²) in [5.41, 5.74) is 5.24. The molecule has 5 nitrogen and oxygen atoms in total. The van der Waals surface area contributed by atoms with Gasteiger partial charge in [0.15, 0.2) is 0 Å². The van der Waals surface area contributed by atoms with Crippen molar-refractivity contribution in [3.05, 3.63) is 0 Å². The first-order valence-electron chi connectivity index (χ1n) is 3.12. The Morgan fingerprint density at radius 1 is 1.50 bits per heavy atom. The number of ether oxygens (including phenoxy) is 1. The lowest BCUT2D eigenvalue weighted by Gasteiger charge is -2.06. The number of hydrogen-bond donors (Lipinski definition) is 1. The number of nitrogens with two attached hydrogens (primary N) is 1. The molecule has 0 radical (unpaired) electrons. The lowest BCUT2D eigenvalue weighted by atomic mass is 10.2. The van der Waals surface area contributed by atoms with Crippen LogP contribution >= 0.6 is 35.5 Å². The summed E-state index contributed by atoms with van der Waals surface area (Å²) in [7, 11) is 2.49. The lowest BCUT2D eigenvalue weighted by Crippen LogP contribution is -2.33. The Labute approximate surface area is 99.6 Å². The van der Waals surface area contributed by atoms with Gasteiger partial charge < -0.3 is 10.5 Å². The monoisotopic (exact) mass is 287 g/mol. The minimum Gasteiger partial charge on any atom is -0.468 e. The van der Waals surface area contributed by atoms with E-state index in [2.05, 4.69) is 4.74 Å². The summed E-state index contributed by atoms with van der Waals surface area (Å²) in [5, 5.41) is 0. The fraction of sp³-hybridized carbons (Fsp3) is 0.800. The molecule has 0 aliphatic heterocycles. The zero-order chi connectivity index (χ0) is 9.78. The molecule has 0 aromatic carbocycles. The second kappa shape index (κ2) is 8.55. The molecule has 88 valence electrons. The van der Waals surface area contributed by atoms with Crippen LogP contribution in [0, 0.1) is 0 Å². The van der Waals surface area contributed by atoms with Gasteiger partial charge in [-0.15, -0.1) is 24.8 Å². The summed E-state index contributed by atoms with van der Waals surface area (Å²) >= 11 is 0. The van der Waals surface area contributed by atoms with Crippen molar-refractivity contribution in [2.75, 3.05) is 12.9 Å². The topological polar surface area (TPSA) is 86.5 Å². The van der Waals surface area contributed by atoms with Gasteiger partial charge in [0.25, 0.3) is 0 Å². The van der Waals surface area contributed by atoms with Gasteiger partial charge in [-0.2, -0.15) is 0 Å². The third-order valence-electron chi connectivity index (χ3n) is 1.18. The van der Waals surface area contributed by atoms with Crippen molar-refractivity contribution in [1.82, 2.24) is 0 Å². The first-order chi connectivity index (χ1) is 5.37. The van der Waals surface area contributed by atoms with Gasteiger partial charge in [-0.3, -0.25) is 4.79 Å². The van der Waals surface area contributed by atoms with Crippen LogP contribution in [0.15, 0.2) is 0 Å². The molecule has 0 heterocycles. The van der Waals surface area contributed by atoms with Gasteiger partial charge in [-0.25, -0.2) is 8.42 Å². The number of rotatable bonds is 4. The molecule has 0 rings (SSSR count). The number of methoxy groups -OCH3 is 1. The van der Waals surface area contributed by atoms with Crippen molar-refractivity contribution < 1.29 is 17.9 Å². The Bertz CT molecular complexity index is 256. The van der Waals surface area contributed by atoms with E-state index in [0.717, 1.165) is 0 Å². The van der Waals surface area contributed by atoms with Crippen molar-refractivity contribution >= 4 is 50.5 Å². The Hall–Kier alpha value is 0.250. The van der Waals surface area contributed by atoms with E-state index in [-0.39, 0.29) is 37.0 Å². The van der Waals surface area contributed by atoms with Crippen LogP contribution in [-0.2, 0) is 18.6 Å². The fourth-order valence-corrected chi connectivity index (χ4v) is 1.34. The summed E-state index contributed by atoms with van der Waals surface area (Å²) in [6, 6.07) is -0.927. The minimum atomic E-state index is -3.58. The molecule has 0 unspecified atom stereocenters. The maximum absolute atomic E-state index is 10.6. The van der Waals surface area contributed by atoms with E-state index in [1.54, 1.807) is 0 Å². The number of halogens is 3. The van der Waals surface area contributed by atoms with Gasteiger partial charge in [0.2, 0.25) is 9.05 Å². The van der Waals surface area contributed by atoms with Crippen LogP contribution in [0.5, 0.6) is 0 Å². The predicted molar refractivity (Wildman–Crippen MR) is 58.7 cm³/mol. The Morgan fingerprint density at radius 3 is 2.21 bits per heavy atom. The van der Waals surface area contributed by atoms with Crippen molar-refractivity contribution in [3.8, 4) is 0 Å². The zero-order valence-corrected chi connectivity index (χ0v) is 10.5. The van der Waals surface area contributed by atoms with E-state index in [1.807, 2.05) is 0 Å². The molecule has 9 heteroatoms. The predicted octanol–water partition coefficient (Wildman–Crippen LogP) is 0.289. The highest BCUT2D eigenvalue weighted by Gasteiger charge is 2.16. The van der Waals surface area contributed by atoms with Crippen LogP contribution in [0.1, 0.15) is 6.42 Å².